The number of hydrogen-bond acceptors (Lipinski definition) is 2. The first-order valence-corrected chi connectivity index (χ1v) is 5.21. The minimum absolute atomic E-state index is 0.0781. The minimum atomic E-state index is -0.292. The highest BCUT2D eigenvalue weighted by molar-refractivity contribution is 6.31. The van der Waals surface area contributed by atoms with E-state index in [1.807, 2.05) is 14.0 Å². The summed E-state index contributed by atoms with van der Waals surface area (Å²) in [5.41, 5.74) is 0.680. The molecule has 1 unspecified atom stereocenters. The fourth-order valence-electron chi connectivity index (χ4n) is 1.23. The van der Waals surface area contributed by atoms with E-state index in [9.17, 15) is 4.39 Å². The molecule has 0 heterocycles. The molecule has 0 aromatic heterocycles. The molecule has 15 heavy (non-hydrogen) atoms. The second-order valence-corrected chi connectivity index (χ2v) is 3.82. The van der Waals surface area contributed by atoms with E-state index in [0.29, 0.717) is 17.2 Å². The summed E-state index contributed by atoms with van der Waals surface area (Å²) in [5.74, 6) is -0.292. The maximum absolute atomic E-state index is 12.9. The molecule has 0 spiro atoms. The number of ether oxygens (including phenoxy) is 1. The largest absolute Gasteiger partial charge is 0.372 e. The van der Waals surface area contributed by atoms with Gasteiger partial charge in [-0.05, 0) is 37.7 Å². The van der Waals surface area contributed by atoms with Crippen LogP contribution in [0.15, 0.2) is 18.2 Å². The lowest BCUT2D eigenvalue weighted by atomic mass is 10.2. The molecule has 1 rings (SSSR count). The molecule has 0 amide bonds. The Hall–Kier alpha value is -0.640. The summed E-state index contributed by atoms with van der Waals surface area (Å²) in [6, 6.07) is 4.27. The van der Waals surface area contributed by atoms with Crippen molar-refractivity contribution in [3.8, 4) is 0 Å². The molecule has 0 fully saturated rings. The highest BCUT2D eigenvalue weighted by Gasteiger charge is 2.05. The molecular weight excluding hydrogens is 217 g/mol. The number of likely N-dealkylation sites (N-methyl/N-ethyl adjacent to an activating group) is 1. The third-order valence-electron chi connectivity index (χ3n) is 2.02. The van der Waals surface area contributed by atoms with E-state index >= 15 is 0 Å². The van der Waals surface area contributed by atoms with Crippen molar-refractivity contribution < 1.29 is 9.13 Å². The molecule has 1 atom stereocenters. The predicted molar refractivity (Wildman–Crippen MR) is 59.6 cm³/mol. The van der Waals surface area contributed by atoms with Gasteiger partial charge < -0.3 is 10.1 Å². The van der Waals surface area contributed by atoms with Crippen molar-refractivity contribution in [3.63, 3.8) is 0 Å². The van der Waals surface area contributed by atoms with E-state index in [4.69, 9.17) is 16.3 Å². The van der Waals surface area contributed by atoms with Gasteiger partial charge in [-0.25, -0.2) is 4.39 Å². The van der Waals surface area contributed by atoms with E-state index in [0.717, 1.165) is 6.54 Å². The zero-order chi connectivity index (χ0) is 11.3. The topological polar surface area (TPSA) is 21.3 Å². The van der Waals surface area contributed by atoms with Gasteiger partial charge in [-0.1, -0.05) is 11.6 Å². The predicted octanol–water partition coefficient (Wildman–Crippen LogP) is 2.60. The van der Waals surface area contributed by atoms with Gasteiger partial charge in [0.2, 0.25) is 0 Å². The zero-order valence-corrected chi connectivity index (χ0v) is 9.64. The van der Waals surface area contributed by atoms with E-state index in [1.165, 1.54) is 18.2 Å². The van der Waals surface area contributed by atoms with E-state index in [-0.39, 0.29) is 11.9 Å². The Kier molecular flexibility index (Phi) is 5.02. The van der Waals surface area contributed by atoms with Gasteiger partial charge in [-0.3, -0.25) is 0 Å². The Bertz CT molecular complexity index is 319. The smallest absolute Gasteiger partial charge is 0.123 e. The van der Waals surface area contributed by atoms with Gasteiger partial charge in [0.25, 0.3) is 0 Å². The van der Waals surface area contributed by atoms with Gasteiger partial charge in [0, 0.05) is 11.6 Å². The molecule has 84 valence electrons. The summed E-state index contributed by atoms with van der Waals surface area (Å²) >= 11 is 5.89. The lowest BCUT2D eigenvalue weighted by Crippen LogP contribution is -2.23. The summed E-state index contributed by atoms with van der Waals surface area (Å²) in [4.78, 5) is 0. The molecule has 0 aliphatic heterocycles. The zero-order valence-electron chi connectivity index (χ0n) is 8.89. The van der Waals surface area contributed by atoms with Gasteiger partial charge in [0.1, 0.15) is 5.82 Å². The van der Waals surface area contributed by atoms with E-state index in [1.54, 1.807) is 0 Å². The highest BCUT2D eigenvalue weighted by Crippen LogP contribution is 2.18. The summed E-state index contributed by atoms with van der Waals surface area (Å²) < 4.78 is 18.4. The van der Waals surface area contributed by atoms with Crippen molar-refractivity contribution in [1.82, 2.24) is 5.32 Å². The molecule has 2 nitrogen and oxygen atoms in total. The number of benzene rings is 1. The lowest BCUT2D eigenvalue weighted by molar-refractivity contribution is 0.0544. The average Bonchev–Trinajstić information content (AvgIpc) is 2.20. The van der Waals surface area contributed by atoms with Crippen LogP contribution in [0.3, 0.4) is 0 Å². The number of halogens is 2. The van der Waals surface area contributed by atoms with Crippen LogP contribution in [0.2, 0.25) is 5.02 Å². The molecule has 4 heteroatoms. The number of rotatable bonds is 5. The molecule has 1 aromatic rings. The SMILES string of the molecule is CNCC(C)OCc1cc(F)ccc1Cl. The van der Waals surface area contributed by atoms with Gasteiger partial charge in [-0.15, -0.1) is 0 Å². The Labute approximate surface area is 94.4 Å². The fraction of sp³-hybridized carbons (Fsp3) is 0.455. The molecule has 0 aliphatic rings. The average molecular weight is 232 g/mol. The number of hydrogen-bond donors (Lipinski definition) is 1. The molecule has 1 aromatic carbocycles. The molecular formula is C11H15ClFNO. The van der Waals surface area contributed by atoms with E-state index < -0.39 is 0 Å². The molecule has 0 aliphatic carbocycles. The molecule has 1 N–H and O–H groups in total. The number of nitrogens with one attached hydrogen (secondary N) is 1. The first-order valence-electron chi connectivity index (χ1n) is 4.83. The summed E-state index contributed by atoms with van der Waals surface area (Å²) in [6.45, 7) is 3.04. The summed E-state index contributed by atoms with van der Waals surface area (Å²) in [5, 5.41) is 3.53. The second kappa shape index (κ2) is 6.05. The van der Waals surface area contributed by atoms with Crippen LogP contribution in [0.4, 0.5) is 4.39 Å². The third-order valence-corrected chi connectivity index (χ3v) is 2.39. The molecule has 0 radical (unpaired) electrons. The third kappa shape index (κ3) is 4.16. The van der Waals surface area contributed by atoms with Gasteiger partial charge in [-0.2, -0.15) is 0 Å². The maximum Gasteiger partial charge on any atom is 0.123 e. The van der Waals surface area contributed by atoms with Crippen molar-refractivity contribution >= 4 is 11.6 Å². The van der Waals surface area contributed by atoms with Crippen molar-refractivity contribution in [2.75, 3.05) is 13.6 Å². The van der Waals surface area contributed by atoms with Crippen LogP contribution < -0.4 is 5.32 Å². The van der Waals surface area contributed by atoms with Crippen LogP contribution in [-0.4, -0.2) is 19.7 Å². The van der Waals surface area contributed by atoms with E-state index in [2.05, 4.69) is 5.32 Å². The van der Waals surface area contributed by atoms with Crippen LogP contribution in [0.1, 0.15) is 12.5 Å². The monoisotopic (exact) mass is 231 g/mol. The van der Waals surface area contributed by atoms with Crippen molar-refractivity contribution in [2.24, 2.45) is 0 Å². The summed E-state index contributed by atoms with van der Waals surface area (Å²) in [7, 11) is 1.86. The normalized spacial score (nSPS) is 12.8. The fourth-order valence-corrected chi connectivity index (χ4v) is 1.40. The van der Waals surface area contributed by atoms with Crippen molar-refractivity contribution in [1.29, 1.82) is 0 Å². The minimum Gasteiger partial charge on any atom is -0.372 e. The van der Waals surface area contributed by atoms with Crippen LogP contribution in [0.25, 0.3) is 0 Å². The quantitative estimate of drug-likeness (QED) is 0.841. The molecule has 0 saturated carbocycles. The van der Waals surface area contributed by atoms with Crippen LogP contribution in [-0.2, 0) is 11.3 Å². The Morgan fingerprint density at radius 3 is 2.93 bits per heavy atom. The molecule has 0 bridgehead atoms. The summed E-state index contributed by atoms with van der Waals surface area (Å²) in [6.07, 6.45) is 0.0781. The Morgan fingerprint density at radius 1 is 1.53 bits per heavy atom. The first-order chi connectivity index (χ1) is 7.13. The maximum atomic E-state index is 12.9. The lowest BCUT2D eigenvalue weighted by Gasteiger charge is -2.13. The van der Waals surface area contributed by atoms with Gasteiger partial charge in [0.15, 0.2) is 0 Å². The van der Waals surface area contributed by atoms with Crippen molar-refractivity contribution in [3.05, 3.63) is 34.6 Å². The van der Waals surface area contributed by atoms with Crippen LogP contribution >= 0.6 is 11.6 Å². The standard InChI is InChI=1S/C11H15ClFNO/c1-8(6-14-2)15-7-9-5-10(13)3-4-11(9)12/h3-5,8,14H,6-7H2,1-2H3. The molecule has 0 saturated heterocycles. The Balaban J connectivity index is 2.53. The second-order valence-electron chi connectivity index (χ2n) is 3.42. The van der Waals surface area contributed by atoms with Crippen LogP contribution in [0, 0.1) is 5.82 Å². The highest BCUT2D eigenvalue weighted by atomic mass is 35.5. The van der Waals surface area contributed by atoms with Crippen molar-refractivity contribution in [2.45, 2.75) is 19.6 Å². The van der Waals surface area contributed by atoms with Gasteiger partial charge in [0.05, 0.1) is 12.7 Å². The first kappa shape index (κ1) is 12.4. The Morgan fingerprint density at radius 2 is 2.27 bits per heavy atom. The van der Waals surface area contributed by atoms with Crippen LogP contribution in [0.5, 0.6) is 0 Å². The van der Waals surface area contributed by atoms with Gasteiger partial charge >= 0.3 is 0 Å².